The van der Waals surface area contributed by atoms with Gasteiger partial charge in [0, 0.05) is 43.7 Å². The normalized spacial score (nSPS) is 18.8. The highest BCUT2D eigenvalue weighted by Crippen LogP contribution is 2.44. The van der Waals surface area contributed by atoms with Crippen LogP contribution in [0.5, 0.6) is 0 Å². The van der Waals surface area contributed by atoms with Crippen LogP contribution in [-0.2, 0) is 20.8 Å². The van der Waals surface area contributed by atoms with Crippen molar-refractivity contribution in [1.82, 2.24) is 15.5 Å². The van der Waals surface area contributed by atoms with Crippen molar-refractivity contribution in [3.8, 4) is 0 Å². The van der Waals surface area contributed by atoms with Crippen molar-refractivity contribution < 1.29 is 28.3 Å². The number of nitrogens with one attached hydrogen (secondary N) is 2. The van der Waals surface area contributed by atoms with Crippen LogP contribution in [0.3, 0.4) is 0 Å². The molecule has 3 amide bonds. The number of nitrogens with zero attached hydrogens (tertiary/aromatic N) is 1. The van der Waals surface area contributed by atoms with E-state index in [4.69, 9.17) is 5.73 Å². The lowest BCUT2D eigenvalue weighted by atomic mass is 9.63. The molecule has 5 N–H and O–H groups in total. The number of aliphatic hydroxyl groups excluding tert-OH is 1. The number of carbonyl (C=O) groups is 3. The first-order valence-corrected chi connectivity index (χ1v) is 15.8. The van der Waals surface area contributed by atoms with Crippen LogP contribution in [0.4, 0.5) is 8.78 Å². The predicted molar refractivity (Wildman–Crippen MR) is 169 cm³/mol. The molecule has 0 saturated heterocycles. The van der Waals surface area contributed by atoms with Gasteiger partial charge in [0.15, 0.2) is 0 Å². The SMILES string of the molecule is CCCN(CCC)C(=O)C1=CC(C)=CC(C(N)=O)([C@H](Cc2cc(F)cc(F)c2)[C@@H](O)CN[C@H](C(=O)NCC(C)C)C(C)C)C1. The lowest BCUT2D eigenvalue weighted by molar-refractivity contribution is -0.132. The number of benzene rings is 1. The van der Waals surface area contributed by atoms with E-state index in [2.05, 4.69) is 10.6 Å². The van der Waals surface area contributed by atoms with Crippen LogP contribution in [0.15, 0.2) is 41.5 Å². The van der Waals surface area contributed by atoms with Gasteiger partial charge in [0.2, 0.25) is 17.7 Å². The summed E-state index contributed by atoms with van der Waals surface area (Å²) in [5.74, 6) is -3.63. The molecule has 246 valence electrons. The molecule has 1 unspecified atom stereocenters. The number of hydrogen-bond donors (Lipinski definition) is 4. The first-order chi connectivity index (χ1) is 20.6. The van der Waals surface area contributed by atoms with E-state index in [1.165, 1.54) is 0 Å². The number of amides is 3. The van der Waals surface area contributed by atoms with Gasteiger partial charge < -0.3 is 26.4 Å². The first-order valence-electron chi connectivity index (χ1n) is 15.8. The molecule has 1 aliphatic carbocycles. The number of carbonyl (C=O) groups excluding carboxylic acids is 3. The Bertz CT molecular complexity index is 1190. The Hall–Kier alpha value is -3.11. The lowest BCUT2D eigenvalue weighted by Crippen LogP contribution is -2.55. The Morgan fingerprint density at radius 2 is 1.61 bits per heavy atom. The third kappa shape index (κ3) is 9.95. The fourth-order valence-corrected chi connectivity index (χ4v) is 5.99. The highest BCUT2D eigenvalue weighted by molar-refractivity contribution is 5.97. The van der Waals surface area contributed by atoms with Gasteiger partial charge in [0.05, 0.1) is 17.6 Å². The molecule has 8 nitrogen and oxygen atoms in total. The molecule has 2 rings (SSSR count). The second-order valence-electron chi connectivity index (χ2n) is 12.9. The van der Waals surface area contributed by atoms with Gasteiger partial charge in [-0.3, -0.25) is 14.4 Å². The summed E-state index contributed by atoms with van der Waals surface area (Å²) in [6.07, 6.45) is 3.45. The molecule has 0 aliphatic heterocycles. The van der Waals surface area contributed by atoms with Gasteiger partial charge in [-0.1, -0.05) is 59.3 Å². The zero-order chi connectivity index (χ0) is 33.2. The molecule has 0 bridgehead atoms. The van der Waals surface area contributed by atoms with Crippen molar-refractivity contribution in [3.05, 3.63) is 58.7 Å². The molecule has 1 aliphatic rings. The number of aliphatic hydroxyl groups is 1. The average Bonchev–Trinajstić information content (AvgIpc) is 2.93. The van der Waals surface area contributed by atoms with E-state index in [1.807, 2.05) is 41.5 Å². The molecular formula is C34H52F2N4O4. The van der Waals surface area contributed by atoms with E-state index < -0.39 is 41.0 Å². The van der Waals surface area contributed by atoms with E-state index in [1.54, 1.807) is 24.0 Å². The lowest BCUT2D eigenvalue weighted by Gasteiger charge is -2.42. The fourth-order valence-electron chi connectivity index (χ4n) is 5.99. The molecule has 0 spiro atoms. The van der Waals surface area contributed by atoms with Crippen molar-refractivity contribution in [2.75, 3.05) is 26.2 Å². The number of allylic oxidation sites excluding steroid dienone is 2. The number of rotatable bonds is 17. The minimum Gasteiger partial charge on any atom is -0.391 e. The maximum atomic E-state index is 14.3. The Kier molecular flexibility index (Phi) is 14.2. The minimum absolute atomic E-state index is 0.0789. The van der Waals surface area contributed by atoms with Crippen molar-refractivity contribution >= 4 is 17.7 Å². The largest absolute Gasteiger partial charge is 0.391 e. The second kappa shape index (κ2) is 16.8. The van der Waals surface area contributed by atoms with Gasteiger partial charge in [0.25, 0.3) is 0 Å². The Balaban J connectivity index is 2.55. The zero-order valence-corrected chi connectivity index (χ0v) is 27.4. The molecular weight excluding hydrogens is 566 g/mol. The van der Waals surface area contributed by atoms with E-state index in [0.717, 1.165) is 31.0 Å². The summed E-state index contributed by atoms with van der Waals surface area (Å²) in [5, 5.41) is 17.8. The van der Waals surface area contributed by atoms with Crippen molar-refractivity contribution in [3.63, 3.8) is 0 Å². The Morgan fingerprint density at radius 3 is 2.11 bits per heavy atom. The molecule has 44 heavy (non-hydrogen) atoms. The molecule has 10 heteroatoms. The summed E-state index contributed by atoms with van der Waals surface area (Å²) in [6.45, 7) is 14.9. The predicted octanol–water partition coefficient (Wildman–Crippen LogP) is 4.27. The summed E-state index contributed by atoms with van der Waals surface area (Å²) >= 11 is 0. The summed E-state index contributed by atoms with van der Waals surface area (Å²) < 4.78 is 28.6. The molecule has 0 radical (unpaired) electrons. The quantitative estimate of drug-likeness (QED) is 0.208. The maximum Gasteiger partial charge on any atom is 0.249 e. The van der Waals surface area contributed by atoms with Crippen LogP contribution in [0.1, 0.15) is 73.3 Å². The summed E-state index contributed by atoms with van der Waals surface area (Å²) in [7, 11) is 0. The molecule has 0 saturated carbocycles. The topological polar surface area (TPSA) is 125 Å². The van der Waals surface area contributed by atoms with E-state index in [9.17, 15) is 28.3 Å². The molecule has 1 aromatic carbocycles. The second-order valence-corrected chi connectivity index (χ2v) is 12.9. The molecule has 0 aromatic heterocycles. The van der Waals surface area contributed by atoms with Gasteiger partial charge in [-0.05, 0) is 62.1 Å². The van der Waals surface area contributed by atoms with Gasteiger partial charge >= 0.3 is 0 Å². The standard InChI is InChI=1S/C34H52F2N4O4/c1-8-10-40(11-9-2)32(43)25-12-23(7)17-34(18-25,33(37)44)28(15-24-13-26(35)16-27(36)14-24)29(41)20-38-30(22(5)6)31(42)39-19-21(3)4/h12-14,16-17,21-22,28-30,38,41H,8-11,15,18-20H2,1-7H3,(H2,37,44)(H,39,42)/t28-,29+,30+,34?/m1/s1. The highest BCUT2D eigenvalue weighted by Gasteiger charge is 2.48. The van der Waals surface area contributed by atoms with Gasteiger partial charge in [0.1, 0.15) is 11.6 Å². The van der Waals surface area contributed by atoms with Crippen LogP contribution in [0.2, 0.25) is 0 Å². The van der Waals surface area contributed by atoms with Crippen LogP contribution >= 0.6 is 0 Å². The average molecular weight is 619 g/mol. The summed E-state index contributed by atoms with van der Waals surface area (Å²) in [5.41, 5.74) is 5.80. The monoisotopic (exact) mass is 618 g/mol. The third-order valence-electron chi connectivity index (χ3n) is 8.06. The van der Waals surface area contributed by atoms with E-state index >= 15 is 0 Å². The Morgan fingerprint density at radius 1 is 1.02 bits per heavy atom. The first kappa shape index (κ1) is 37.1. The van der Waals surface area contributed by atoms with Crippen LogP contribution < -0.4 is 16.4 Å². The fraction of sp³-hybridized carbons (Fsp3) is 0.618. The molecule has 1 aromatic rings. The van der Waals surface area contributed by atoms with Crippen LogP contribution in [0, 0.1) is 34.8 Å². The van der Waals surface area contributed by atoms with Crippen molar-refractivity contribution in [1.29, 1.82) is 0 Å². The van der Waals surface area contributed by atoms with Gasteiger partial charge in [-0.25, -0.2) is 8.78 Å². The van der Waals surface area contributed by atoms with Crippen molar-refractivity contribution in [2.45, 2.75) is 86.3 Å². The summed E-state index contributed by atoms with van der Waals surface area (Å²) in [6, 6.07) is 2.43. The van der Waals surface area contributed by atoms with Crippen molar-refractivity contribution in [2.24, 2.45) is 28.9 Å². The highest BCUT2D eigenvalue weighted by atomic mass is 19.1. The van der Waals surface area contributed by atoms with Crippen LogP contribution in [-0.4, -0.2) is 66.1 Å². The zero-order valence-electron chi connectivity index (χ0n) is 27.4. The van der Waals surface area contributed by atoms with Crippen LogP contribution in [0.25, 0.3) is 0 Å². The maximum absolute atomic E-state index is 14.3. The number of primary amides is 1. The van der Waals surface area contributed by atoms with Gasteiger partial charge in [-0.2, -0.15) is 0 Å². The molecule has 0 fully saturated rings. The third-order valence-corrected chi connectivity index (χ3v) is 8.06. The summed E-state index contributed by atoms with van der Waals surface area (Å²) in [4.78, 5) is 41.9. The van der Waals surface area contributed by atoms with E-state index in [-0.39, 0.29) is 48.6 Å². The minimum atomic E-state index is -1.55. The molecule has 4 atom stereocenters. The molecule has 0 heterocycles. The Labute approximate surface area is 261 Å². The van der Waals surface area contributed by atoms with E-state index in [0.29, 0.717) is 30.8 Å². The smallest absolute Gasteiger partial charge is 0.249 e. The van der Waals surface area contributed by atoms with Gasteiger partial charge in [-0.15, -0.1) is 0 Å². The number of nitrogens with two attached hydrogens (primary N) is 1. The number of halogens is 2. The number of hydrogen-bond acceptors (Lipinski definition) is 5.